The van der Waals surface area contributed by atoms with Gasteiger partial charge in [0.2, 0.25) is 5.91 Å². The monoisotopic (exact) mass is 359 g/mol. The van der Waals surface area contributed by atoms with E-state index in [2.05, 4.69) is 5.32 Å². The van der Waals surface area contributed by atoms with Crippen molar-refractivity contribution in [3.05, 3.63) is 54.6 Å². The normalized spacial score (nSPS) is 12.7. The highest BCUT2D eigenvalue weighted by molar-refractivity contribution is 7.85. The van der Waals surface area contributed by atoms with Gasteiger partial charge in [-0.15, -0.1) is 0 Å². The largest absolute Gasteiger partial charge is 0.492 e. The Bertz CT molecular complexity index is 724. The highest BCUT2D eigenvalue weighted by Gasteiger charge is 2.28. The van der Waals surface area contributed by atoms with E-state index in [1.165, 1.54) is 0 Å². The lowest BCUT2D eigenvalue weighted by Gasteiger charge is -2.24. The molecule has 0 heterocycles. The molecule has 1 amide bonds. The number of amides is 1. The summed E-state index contributed by atoms with van der Waals surface area (Å²) < 4.78 is 17.8. The lowest BCUT2D eigenvalue weighted by molar-refractivity contribution is -0.125. The molecule has 25 heavy (non-hydrogen) atoms. The Labute approximate surface area is 152 Å². The standard InChI is InChI=1S/C20H25NO3S/c1-15(2)25(23)18-12-10-17(11-13-18)24-14-20(3,4)19(22)21-16-8-6-5-7-9-16/h5-13,15H,14H2,1-4H3,(H,21,22). The first-order chi connectivity index (χ1) is 11.8. The number of carbonyl (C=O) groups excluding carboxylic acids is 1. The van der Waals surface area contributed by atoms with E-state index >= 15 is 0 Å². The van der Waals surface area contributed by atoms with Crippen molar-refractivity contribution >= 4 is 22.4 Å². The molecule has 0 saturated heterocycles. The minimum atomic E-state index is -1.01. The Morgan fingerprint density at radius 2 is 1.68 bits per heavy atom. The Kier molecular flexibility index (Phi) is 6.37. The molecule has 1 N–H and O–H groups in total. The predicted octanol–water partition coefficient (Wildman–Crippen LogP) is 4.25. The van der Waals surface area contributed by atoms with Crippen LogP contribution in [0.3, 0.4) is 0 Å². The Balaban J connectivity index is 1.94. The Hall–Kier alpha value is -2.14. The second-order valence-electron chi connectivity index (χ2n) is 6.81. The molecule has 0 aromatic heterocycles. The van der Waals surface area contributed by atoms with Crippen LogP contribution in [0.25, 0.3) is 0 Å². The molecule has 0 fully saturated rings. The smallest absolute Gasteiger partial charge is 0.233 e. The van der Waals surface area contributed by atoms with Gasteiger partial charge in [0.15, 0.2) is 0 Å². The van der Waals surface area contributed by atoms with Crippen LogP contribution in [0.15, 0.2) is 59.5 Å². The maximum absolute atomic E-state index is 12.4. The average molecular weight is 359 g/mol. The predicted molar refractivity (Wildman–Crippen MR) is 102 cm³/mol. The number of para-hydroxylation sites is 1. The molecule has 2 aromatic rings. The van der Waals surface area contributed by atoms with Gasteiger partial charge in [0.05, 0.1) is 16.2 Å². The molecule has 2 aromatic carbocycles. The number of anilines is 1. The number of hydrogen-bond acceptors (Lipinski definition) is 3. The molecule has 0 aliphatic rings. The number of carbonyl (C=O) groups is 1. The third-order valence-corrected chi connectivity index (χ3v) is 5.32. The van der Waals surface area contributed by atoms with Crippen LogP contribution >= 0.6 is 0 Å². The van der Waals surface area contributed by atoms with Crippen molar-refractivity contribution in [1.29, 1.82) is 0 Å². The van der Waals surface area contributed by atoms with Crippen molar-refractivity contribution in [3.8, 4) is 5.75 Å². The third kappa shape index (κ3) is 5.43. The van der Waals surface area contributed by atoms with Gasteiger partial charge in [-0.3, -0.25) is 9.00 Å². The first kappa shape index (κ1) is 19.2. The van der Waals surface area contributed by atoms with Gasteiger partial charge in [-0.05, 0) is 50.2 Å². The molecule has 1 atom stereocenters. The molecule has 4 nitrogen and oxygen atoms in total. The lowest BCUT2D eigenvalue weighted by Crippen LogP contribution is -2.36. The Morgan fingerprint density at radius 3 is 2.24 bits per heavy atom. The van der Waals surface area contributed by atoms with Crippen LogP contribution in [-0.4, -0.2) is 22.0 Å². The second kappa shape index (κ2) is 8.30. The first-order valence-electron chi connectivity index (χ1n) is 8.29. The summed E-state index contributed by atoms with van der Waals surface area (Å²) in [5, 5.41) is 2.97. The average Bonchev–Trinajstić information content (AvgIpc) is 2.60. The molecule has 0 radical (unpaired) electrons. The highest BCUT2D eigenvalue weighted by Crippen LogP contribution is 2.22. The van der Waals surface area contributed by atoms with Gasteiger partial charge in [-0.1, -0.05) is 32.0 Å². The fraction of sp³-hybridized carbons (Fsp3) is 0.350. The molecule has 134 valence electrons. The Morgan fingerprint density at radius 1 is 1.08 bits per heavy atom. The first-order valence-corrected chi connectivity index (χ1v) is 9.51. The van der Waals surface area contributed by atoms with E-state index in [9.17, 15) is 9.00 Å². The van der Waals surface area contributed by atoms with E-state index in [0.717, 1.165) is 10.6 Å². The van der Waals surface area contributed by atoms with Crippen molar-refractivity contribution in [3.63, 3.8) is 0 Å². The topological polar surface area (TPSA) is 55.4 Å². The molecule has 0 bridgehead atoms. The van der Waals surface area contributed by atoms with Crippen molar-refractivity contribution in [1.82, 2.24) is 0 Å². The van der Waals surface area contributed by atoms with Gasteiger partial charge in [0, 0.05) is 15.8 Å². The third-order valence-electron chi connectivity index (χ3n) is 3.73. The maximum atomic E-state index is 12.4. The van der Waals surface area contributed by atoms with Gasteiger partial charge in [-0.2, -0.15) is 0 Å². The lowest BCUT2D eigenvalue weighted by atomic mass is 9.93. The van der Waals surface area contributed by atoms with Gasteiger partial charge in [-0.25, -0.2) is 0 Å². The summed E-state index contributed by atoms with van der Waals surface area (Å²) in [7, 11) is -1.01. The molecule has 0 aliphatic carbocycles. The molecule has 5 heteroatoms. The van der Waals surface area contributed by atoms with Crippen LogP contribution in [-0.2, 0) is 15.6 Å². The fourth-order valence-electron chi connectivity index (χ4n) is 2.09. The molecule has 0 saturated carbocycles. The van der Waals surface area contributed by atoms with E-state index in [0.29, 0.717) is 5.75 Å². The van der Waals surface area contributed by atoms with Crippen LogP contribution < -0.4 is 10.1 Å². The SMILES string of the molecule is CC(C)S(=O)c1ccc(OCC(C)(C)C(=O)Nc2ccccc2)cc1. The van der Waals surface area contributed by atoms with Crippen LogP contribution in [0, 0.1) is 5.41 Å². The van der Waals surface area contributed by atoms with Crippen molar-refractivity contribution in [2.75, 3.05) is 11.9 Å². The quantitative estimate of drug-likeness (QED) is 0.804. The summed E-state index contributed by atoms with van der Waals surface area (Å²) in [6.45, 7) is 7.78. The number of nitrogens with one attached hydrogen (secondary N) is 1. The van der Waals surface area contributed by atoms with Crippen molar-refractivity contribution < 1.29 is 13.7 Å². The summed E-state index contributed by atoms with van der Waals surface area (Å²) in [5.74, 6) is 0.557. The number of benzene rings is 2. The molecule has 2 rings (SSSR count). The van der Waals surface area contributed by atoms with E-state index in [1.807, 2.05) is 70.2 Å². The zero-order valence-electron chi connectivity index (χ0n) is 15.1. The maximum Gasteiger partial charge on any atom is 0.233 e. The van der Waals surface area contributed by atoms with Gasteiger partial charge in [0.25, 0.3) is 0 Å². The van der Waals surface area contributed by atoms with Crippen LogP contribution in [0.4, 0.5) is 5.69 Å². The zero-order chi connectivity index (χ0) is 18.4. The summed E-state index contributed by atoms with van der Waals surface area (Å²) in [5.41, 5.74) is 0.0796. The molecule has 1 unspecified atom stereocenters. The summed E-state index contributed by atoms with van der Waals surface area (Å²) >= 11 is 0. The minimum absolute atomic E-state index is 0.0763. The summed E-state index contributed by atoms with van der Waals surface area (Å²) in [4.78, 5) is 13.2. The summed E-state index contributed by atoms with van der Waals surface area (Å²) in [6, 6.07) is 16.6. The van der Waals surface area contributed by atoms with Crippen molar-refractivity contribution in [2.45, 2.75) is 37.8 Å². The zero-order valence-corrected chi connectivity index (χ0v) is 15.9. The summed E-state index contributed by atoms with van der Waals surface area (Å²) in [6.07, 6.45) is 0. The number of ether oxygens (including phenoxy) is 1. The molecule has 0 spiro atoms. The highest BCUT2D eigenvalue weighted by atomic mass is 32.2. The minimum Gasteiger partial charge on any atom is -0.492 e. The molecular formula is C20H25NO3S. The molecular weight excluding hydrogens is 334 g/mol. The number of rotatable bonds is 7. The van der Waals surface area contributed by atoms with Crippen LogP contribution in [0.1, 0.15) is 27.7 Å². The second-order valence-corrected chi connectivity index (χ2v) is 8.82. The molecule has 0 aliphatic heterocycles. The fourth-order valence-corrected chi connectivity index (χ4v) is 3.04. The number of hydrogen-bond donors (Lipinski definition) is 1. The van der Waals surface area contributed by atoms with E-state index in [4.69, 9.17) is 4.74 Å². The van der Waals surface area contributed by atoms with E-state index in [-0.39, 0.29) is 17.8 Å². The van der Waals surface area contributed by atoms with Gasteiger partial charge < -0.3 is 10.1 Å². The van der Waals surface area contributed by atoms with Crippen LogP contribution in [0.5, 0.6) is 5.75 Å². The van der Waals surface area contributed by atoms with Crippen molar-refractivity contribution in [2.24, 2.45) is 5.41 Å². The van der Waals surface area contributed by atoms with Gasteiger partial charge >= 0.3 is 0 Å². The van der Waals surface area contributed by atoms with Gasteiger partial charge in [0.1, 0.15) is 12.4 Å². The van der Waals surface area contributed by atoms with E-state index in [1.54, 1.807) is 12.1 Å². The van der Waals surface area contributed by atoms with Crippen LogP contribution in [0.2, 0.25) is 0 Å². The van der Waals surface area contributed by atoms with E-state index < -0.39 is 16.2 Å².